The van der Waals surface area contributed by atoms with Crippen LogP contribution < -0.4 is 0 Å². The third kappa shape index (κ3) is 4.93. The van der Waals surface area contributed by atoms with Crippen molar-refractivity contribution in [1.29, 1.82) is 0 Å². The van der Waals surface area contributed by atoms with Crippen molar-refractivity contribution in [3.63, 3.8) is 0 Å². The predicted molar refractivity (Wildman–Crippen MR) is 62.5 cm³/mol. The molecule has 0 saturated carbocycles. The summed E-state index contributed by atoms with van der Waals surface area (Å²) in [6, 6.07) is 0.0694. The molecule has 0 aliphatic rings. The van der Waals surface area contributed by atoms with Gasteiger partial charge in [-0.2, -0.15) is 0 Å². The van der Waals surface area contributed by atoms with Crippen LogP contribution in [0.15, 0.2) is 0 Å². The van der Waals surface area contributed by atoms with Crippen LogP contribution in [0.5, 0.6) is 0 Å². The molecular weight excluding hydrogens is 192 g/mol. The molecule has 0 heterocycles. The first-order chi connectivity index (χ1) is 6.46. The molecule has 0 aliphatic carbocycles. The van der Waals surface area contributed by atoms with Crippen molar-refractivity contribution in [1.82, 2.24) is 9.80 Å². The molecule has 1 atom stereocenters. The molecule has 92 valence electrons. The summed E-state index contributed by atoms with van der Waals surface area (Å²) < 4.78 is 0. The first-order valence-electron chi connectivity index (χ1n) is 5.35. The maximum absolute atomic E-state index is 10.0. The van der Waals surface area contributed by atoms with E-state index >= 15 is 0 Å². The highest BCUT2D eigenvalue weighted by molar-refractivity contribution is 4.84. The Bertz CT molecular complexity index is 178. The van der Waals surface area contributed by atoms with E-state index in [4.69, 9.17) is 0 Å². The Kier molecular flexibility index (Phi) is 4.73. The fraction of sp³-hybridized carbons (Fsp3) is 1.00. The lowest BCUT2D eigenvalue weighted by Gasteiger charge is -2.46. The Morgan fingerprint density at radius 3 is 1.53 bits per heavy atom. The van der Waals surface area contributed by atoms with Crippen LogP contribution in [0.2, 0.25) is 0 Å². The lowest BCUT2D eigenvalue weighted by Crippen LogP contribution is -2.61. The van der Waals surface area contributed by atoms with Gasteiger partial charge in [-0.05, 0) is 48.7 Å². The molecule has 0 aromatic heterocycles. The summed E-state index contributed by atoms with van der Waals surface area (Å²) in [5.74, 6) is 0. The van der Waals surface area contributed by atoms with E-state index in [1.54, 1.807) is 32.6 Å². The normalized spacial score (nSPS) is 16.2. The number of hydrogen-bond donors (Lipinski definition) is 2. The SMILES string of the molecule is CC(CN(C)C)N(C(C)(C)O)C(C)(C)O. The van der Waals surface area contributed by atoms with Crippen LogP contribution in [0.25, 0.3) is 0 Å². The number of nitrogens with zero attached hydrogens (tertiary/aromatic N) is 2. The van der Waals surface area contributed by atoms with E-state index < -0.39 is 11.4 Å². The molecule has 0 rings (SSSR count). The lowest BCUT2D eigenvalue weighted by atomic mass is 10.1. The lowest BCUT2D eigenvalue weighted by molar-refractivity contribution is -0.217. The second kappa shape index (κ2) is 4.78. The van der Waals surface area contributed by atoms with Crippen molar-refractivity contribution in [3.05, 3.63) is 0 Å². The first kappa shape index (κ1) is 14.8. The molecule has 0 aliphatic heterocycles. The highest BCUT2D eigenvalue weighted by Crippen LogP contribution is 2.24. The molecule has 0 radical (unpaired) electrons. The van der Waals surface area contributed by atoms with E-state index in [2.05, 4.69) is 0 Å². The molecule has 1 unspecified atom stereocenters. The third-order valence-electron chi connectivity index (χ3n) is 2.25. The van der Waals surface area contributed by atoms with Crippen LogP contribution in [0, 0.1) is 0 Å². The molecule has 0 saturated heterocycles. The molecule has 4 nitrogen and oxygen atoms in total. The molecule has 2 N–H and O–H groups in total. The Balaban J connectivity index is 4.81. The van der Waals surface area contributed by atoms with Gasteiger partial charge in [-0.25, -0.2) is 4.90 Å². The van der Waals surface area contributed by atoms with Crippen molar-refractivity contribution >= 4 is 0 Å². The van der Waals surface area contributed by atoms with Gasteiger partial charge in [0.05, 0.1) is 0 Å². The molecule has 0 aromatic rings. The van der Waals surface area contributed by atoms with Gasteiger partial charge in [-0.1, -0.05) is 0 Å². The zero-order valence-corrected chi connectivity index (χ0v) is 11.1. The molecule has 0 spiro atoms. The Hall–Kier alpha value is -0.160. The summed E-state index contributed by atoms with van der Waals surface area (Å²) in [4.78, 5) is 3.75. The van der Waals surface area contributed by atoms with Gasteiger partial charge in [-0.3, -0.25) is 0 Å². The smallest absolute Gasteiger partial charge is 0.115 e. The van der Waals surface area contributed by atoms with Gasteiger partial charge in [0, 0.05) is 12.6 Å². The van der Waals surface area contributed by atoms with Crippen LogP contribution >= 0.6 is 0 Å². The topological polar surface area (TPSA) is 46.9 Å². The van der Waals surface area contributed by atoms with Gasteiger partial charge >= 0.3 is 0 Å². The molecule has 4 heteroatoms. The van der Waals surface area contributed by atoms with E-state index in [-0.39, 0.29) is 6.04 Å². The maximum Gasteiger partial charge on any atom is 0.115 e. The second-order valence-corrected chi connectivity index (χ2v) is 5.47. The fourth-order valence-electron chi connectivity index (χ4n) is 2.36. The van der Waals surface area contributed by atoms with Crippen molar-refractivity contribution < 1.29 is 10.2 Å². The van der Waals surface area contributed by atoms with Crippen LogP contribution in [0.3, 0.4) is 0 Å². The summed E-state index contributed by atoms with van der Waals surface area (Å²) in [5, 5.41) is 20.1. The van der Waals surface area contributed by atoms with E-state index in [0.717, 1.165) is 6.54 Å². The highest BCUT2D eigenvalue weighted by atomic mass is 16.3. The quantitative estimate of drug-likeness (QED) is 0.667. The number of aliphatic hydroxyl groups is 2. The van der Waals surface area contributed by atoms with Gasteiger partial charge in [0.25, 0.3) is 0 Å². The molecule has 0 fully saturated rings. The largest absolute Gasteiger partial charge is 0.376 e. The Morgan fingerprint density at radius 1 is 1.00 bits per heavy atom. The first-order valence-corrected chi connectivity index (χ1v) is 5.35. The van der Waals surface area contributed by atoms with Crippen LogP contribution in [0.4, 0.5) is 0 Å². The van der Waals surface area contributed by atoms with Gasteiger partial charge < -0.3 is 15.1 Å². The van der Waals surface area contributed by atoms with Crippen LogP contribution in [-0.4, -0.2) is 58.1 Å². The van der Waals surface area contributed by atoms with Gasteiger partial charge in [0.2, 0.25) is 0 Å². The minimum absolute atomic E-state index is 0.0694. The zero-order chi connectivity index (χ0) is 12.4. The summed E-state index contributed by atoms with van der Waals surface area (Å²) in [7, 11) is 3.95. The van der Waals surface area contributed by atoms with Gasteiger partial charge in [0.1, 0.15) is 11.4 Å². The highest BCUT2D eigenvalue weighted by Gasteiger charge is 2.38. The molecule has 0 bridgehead atoms. The third-order valence-corrected chi connectivity index (χ3v) is 2.25. The summed E-state index contributed by atoms with van der Waals surface area (Å²) in [6.45, 7) is 9.55. The Morgan fingerprint density at radius 2 is 1.33 bits per heavy atom. The van der Waals surface area contributed by atoms with E-state index in [9.17, 15) is 10.2 Å². The minimum Gasteiger partial charge on any atom is -0.376 e. The van der Waals surface area contributed by atoms with Crippen molar-refractivity contribution in [2.45, 2.75) is 52.1 Å². The minimum atomic E-state index is -1.03. The zero-order valence-electron chi connectivity index (χ0n) is 11.1. The number of hydrogen-bond acceptors (Lipinski definition) is 4. The second-order valence-electron chi connectivity index (χ2n) is 5.47. The van der Waals surface area contributed by atoms with Crippen molar-refractivity contribution in [3.8, 4) is 0 Å². The average molecular weight is 218 g/mol. The van der Waals surface area contributed by atoms with E-state index in [0.29, 0.717) is 0 Å². The number of likely N-dealkylation sites (N-methyl/N-ethyl adjacent to an activating group) is 1. The summed E-state index contributed by atoms with van der Waals surface area (Å²) >= 11 is 0. The van der Waals surface area contributed by atoms with Crippen molar-refractivity contribution in [2.24, 2.45) is 0 Å². The Labute approximate surface area is 93.5 Å². The molecule has 0 aromatic carbocycles. The number of rotatable bonds is 5. The van der Waals surface area contributed by atoms with Crippen molar-refractivity contribution in [2.75, 3.05) is 20.6 Å². The molecule has 15 heavy (non-hydrogen) atoms. The summed E-state index contributed by atoms with van der Waals surface area (Å²) in [5.41, 5.74) is -2.07. The van der Waals surface area contributed by atoms with E-state index in [1.165, 1.54) is 0 Å². The fourth-order valence-corrected chi connectivity index (χ4v) is 2.36. The van der Waals surface area contributed by atoms with Crippen LogP contribution in [0.1, 0.15) is 34.6 Å². The predicted octanol–water partition coefficient (Wildman–Crippen LogP) is 0.695. The summed E-state index contributed by atoms with van der Waals surface area (Å²) in [6.07, 6.45) is 0. The van der Waals surface area contributed by atoms with Gasteiger partial charge in [-0.15, -0.1) is 0 Å². The van der Waals surface area contributed by atoms with E-state index in [1.807, 2.05) is 25.9 Å². The van der Waals surface area contributed by atoms with Crippen LogP contribution in [-0.2, 0) is 0 Å². The van der Waals surface area contributed by atoms with Gasteiger partial charge in [0.15, 0.2) is 0 Å². The standard InChI is InChI=1S/C11H26N2O2/c1-9(8-12(6)7)13(10(2,3)14)11(4,5)15/h9,14-15H,8H2,1-7H3. The molecular formula is C11H26N2O2. The monoisotopic (exact) mass is 218 g/mol. The maximum atomic E-state index is 10.0. The molecule has 0 amide bonds. The average Bonchev–Trinajstić information content (AvgIpc) is 1.74.